The molecule has 35 heavy (non-hydrogen) atoms. The van der Waals surface area contributed by atoms with E-state index in [0.29, 0.717) is 34.4 Å². The van der Waals surface area contributed by atoms with Crippen LogP contribution in [-0.4, -0.2) is 36.7 Å². The average molecular weight is 528 g/mol. The molecule has 0 unspecified atom stereocenters. The van der Waals surface area contributed by atoms with E-state index in [1.54, 1.807) is 13.0 Å². The van der Waals surface area contributed by atoms with Crippen molar-refractivity contribution in [3.8, 4) is 0 Å². The Balaban J connectivity index is 1.50. The molecule has 12 heteroatoms. The first-order valence-corrected chi connectivity index (χ1v) is 13.2. The van der Waals surface area contributed by atoms with E-state index in [0.717, 1.165) is 42.7 Å². The summed E-state index contributed by atoms with van der Waals surface area (Å²) in [5.41, 5.74) is 0.313. The first-order valence-electron chi connectivity index (χ1n) is 11.0. The van der Waals surface area contributed by atoms with Crippen molar-refractivity contribution in [2.75, 3.05) is 18.4 Å². The summed E-state index contributed by atoms with van der Waals surface area (Å²) in [7, 11) is -3.83. The largest absolute Gasteiger partial charge is 0.448 e. The number of rotatable bonds is 6. The molecule has 1 amide bonds. The Hall–Kier alpha value is -2.70. The predicted molar refractivity (Wildman–Crippen MR) is 125 cm³/mol. The van der Waals surface area contributed by atoms with Crippen LogP contribution >= 0.6 is 11.3 Å². The number of alkyl halides is 3. The number of aryl methyl sites for hydroxylation is 2. The lowest BCUT2D eigenvalue weighted by Gasteiger charge is -2.24. The third-order valence-electron chi connectivity index (χ3n) is 5.73. The number of aromatic nitrogens is 1. The van der Waals surface area contributed by atoms with Gasteiger partial charge in [-0.15, -0.1) is 11.3 Å². The lowest BCUT2D eigenvalue weighted by atomic mass is 10.1. The minimum absolute atomic E-state index is 0.0906. The summed E-state index contributed by atoms with van der Waals surface area (Å²) < 4.78 is 71.5. The summed E-state index contributed by atoms with van der Waals surface area (Å²) in [6.45, 7) is 4.02. The maximum absolute atomic E-state index is 13.0. The number of hydrogen-bond donors (Lipinski definition) is 1. The van der Waals surface area contributed by atoms with Crippen molar-refractivity contribution >= 4 is 32.3 Å². The number of benzene rings is 1. The maximum Gasteiger partial charge on any atom is 0.416 e. The highest BCUT2D eigenvalue weighted by Crippen LogP contribution is 2.32. The van der Waals surface area contributed by atoms with Crippen LogP contribution in [0.4, 0.5) is 18.2 Å². The molecule has 1 aromatic carbocycles. The Labute approximate surface area is 205 Å². The predicted octanol–water partition coefficient (Wildman–Crippen LogP) is 5.39. The molecular formula is C23H24F3N3O4S2. The molecule has 7 nitrogen and oxygen atoms in total. The van der Waals surface area contributed by atoms with Gasteiger partial charge in [-0.25, -0.2) is 13.4 Å². The summed E-state index contributed by atoms with van der Waals surface area (Å²) in [6.07, 6.45) is -1.73. The van der Waals surface area contributed by atoms with E-state index in [2.05, 4.69) is 10.3 Å². The Morgan fingerprint density at radius 3 is 2.57 bits per heavy atom. The highest BCUT2D eigenvalue weighted by atomic mass is 32.2. The second-order valence-corrected chi connectivity index (χ2v) is 11.3. The molecule has 188 valence electrons. The van der Waals surface area contributed by atoms with Crippen molar-refractivity contribution in [3.63, 3.8) is 0 Å². The Morgan fingerprint density at radius 1 is 1.17 bits per heavy atom. The van der Waals surface area contributed by atoms with Crippen LogP contribution in [0.25, 0.3) is 0 Å². The molecule has 1 fully saturated rings. The van der Waals surface area contributed by atoms with Gasteiger partial charge >= 0.3 is 6.18 Å². The van der Waals surface area contributed by atoms with Gasteiger partial charge in [0, 0.05) is 25.6 Å². The zero-order valence-corrected chi connectivity index (χ0v) is 20.7. The van der Waals surface area contributed by atoms with E-state index in [9.17, 15) is 26.4 Å². The molecule has 0 atom stereocenters. The highest BCUT2D eigenvalue weighted by Gasteiger charge is 2.32. The topological polar surface area (TPSA) is 92.5 Å². The fraction of sp³-hybridized carbons (Fsp3) is 0.391. The molecule has 1 aliphatic heterocycles. The quantitative estimate of drug-likeness (QED) is 0.464. The summed E-state index contributed by atoms with van der Waals surface area (Å²) in [6, 6.07) is 6.25. The maximum atomic E-state index is 13.0. The molecule has 0 radical (unpaired) electrons. The van der Waals surface area contributed by atoms with Crippen LogP contribution in [0.2, 0.25) is 0 Å². The lowest BCUT2D eigenvalue weighted by Crippen LogP contribution is -2.35. The fourth-order valence-electron chi connectivity index (χ4n) is 3.89. The second-order valence-electron chi connectivity index (χ2n) is 8.35. The van der Waals surface area contributed by atoms with Gasteiger partial charge in [-0.1, -0.05) is 24.6 Å². The van der Waals surface area contributed by atoms with E-state index in [1.165, 1.54) is 23.4 Å². The molecule has 1 aliphatic rings. The summed E-state index contributed by atoms with van der Waals surface area (Å²) >= 11 is 1.15. The number of halogens is 3. The molecule has 0 bridgehead atoms. The minimum atomic E-state index is -4.43. The molecule has 1 saturated heterocycles. The number of nitrogens with zero attached hydrogens (tertiary/aromatic N) is 2. The summed E-state index contributed by atoms with van der Waals surface area (Å²) in [4.78, 5) is 17.3. The molecule has 0 saturated carbocycles. The van der Waals surface area contributed by atoms with Gasteiger partial charge in [0.2, 0.25) is 5.09 Å². The summed E-state index contributed by atoms with van der Waals surface area (Å²) in [5.74, 6) is -0.381. The number of sulfonamides is 1. The smallest absolute Gasteiger partial charge is 0.416 e. The number of carbonyl (C=O) groups is 1. The van der Waals surface area contributed by atoms with Gasteiger partial charge in [-0.2, -0.15) is 17.5 Å². The van der Waals surface area contributed by atoms with E-state index in [4.69, 9.17) is 4.42 Å². The lowest BCUT2D eigenvalue weighted by molar-refractivity contribution is -0.137. The van der Waals surface area contributed by atoms with Crippen LogP contribution in [0, 0.1) is 13.8 Å². The van der Waals surface area contributed by atoms with Crippen molar-refractivity contribution < 1.29 is 30.8 Å². The number of amides is 1. The minimum Gasteiger partial charge on any atom is -0.448 e. The molecule has 4 rings (SSSR count). The van der Waals surface area contributed by atoms with Crippen molar-refractivity contribution in [2.45, 2.75) is 50.8 Å². The Morgan fingerprint density at radius 2 is 1.89 bits per heavy atom. The van der Waals surface area contributed by atoms with E-state index in [-0.39, 0.29) is 22.8 Å². The third kappa shape index (κ3) is 5.60. The Bertz CT molecular complexity index is 1340. The van der Waals surface area contributed by atoms with Crippen LogP contribution < -0.4 is 5.32 Å². The van der Waals surface area contributed by atoms with E-state index >= 15 is 0 Å². The Kier molecular flexibility index (Phi) is 7.07. The average Bonchev–Trinajstić information content (AvgIpc) is 3.36. The number of carbonyl (C=O) groups excluding carboxylic acids is 1. The molecule has 0 aliphatic carbocycles. The van der Waals surface area contributed by atoms with Crippen molar-refractivity contribution in [2.24, 2.45) is 0 Å². The van der Waals surface area contributed by atoms with Gasteiger partial charge in [0.25, 0.3) is 15.9 Å². The zero-order chi connectivity index (χ0) is 25.4. The van der Waals surface area contributed by atoms with Crippen LogP contribution in [0.5, 0.6) is 0 Å². The first kappa shape index (κ1) is 25.4. The first-order chi connectivity index (χ1) is 16.4. The van der Waals surface area contributed by atoms with Crippen LogP contribution in [-0.2, 0) is 22.6 Å². The number of nitrogens with one attached hydrogen (secondary N) is 1. The van der Waals surface area contributed by atoms with Gasteiger partial charge in [0.05, 0.1) is 21.8 Å². The number of anilines is 1. The number of furan rings is 1. The van der Waals surface area contributed by atoms with Crippen molar-refractivity contribution in [3.05, 3.63) is 63.5 Å². The molecule has 3 heterocycles. The van der Waals surface area contributed by atoms with Gasteiger partial charge in [-0.3, -0.25) is 4.79 Å². The van der Waals surface area contributed by atoms with Gasteiger partial charge in [0.1, 0.15) is 10.8 Å². The normalized spacial score (nSPS) is 15.3. The van der Waals surface area contributed by atoms with E-state index in [1.807, 2.05) is 0 Å². The fourth-order valence-corrected chi connectivity index (χ4v) is 6.37. The van der Waals surface area contributed by atoms with Crippen molar-refractivity contribution in [1.82, 2.24) is 9.29 Å². The van der Waals surface area contributed by atoms with Crippen LogP contribution in [0.15, 0.2) is 39.8 Å². The number of thiazole rings is 1. The SMILES string of the molecule is Cc1nc(Cc2cccc(C(F)(F)F)c2)sc1NC(=O)c1cc(S(=O)(=O)N2CCCCC2)oc1C. The van der Waals surface area contributed by atoms with Gasteiger partial charge in [0.15, 0.2) is 0 Å². The molecule has 0 spiro atoms. The number of hydrogen-bond acceptors (Lipinski definition) is 6. The highest BCUT2D eigenvalue weighted by molar-refractivity contribution is 7.89. The van der Waals surface area contributed by atoms with Gasteiger partial charge < -0.3 is 9.73 Å². The monoisotopic (exact) mass is 527 g/mol. The molecule has 1 N–H and O–H groups in total. The third-order valence-corrected chi connectivity index (χ3v) is 8.55. The number of piperidine rings is 1. The summed E-state index contributed by atoms with van der Waals surface area (Å²) in [5, 5.41) is 3.42. The second kappa shape index (κ2) is 9.75. The molecule has 2 aromatic heterocycles. The van der Waals surface area contributed by atoms with Gasteiger partial charge in [-0.05, 0) is 38.3 Å². The van der Waals surface area contributed by atoms with E-state index < -0.39 is 27.7 Å². The van der Waals surface area contributed by atoms with Crippen molar-refractivity contribution in [1.29, 1.82) is 0 Å². The van der Waals surface area contributed by atoms with Crippen LogP contribution in [0.1, 0.15) is 57.2 Å². The molecular weight excluding hydrogens is 503 g/mol. The molecule has 3 aromatic rings. The standard InChI is InChI=1S/C23H24F3N3O4S2/c1-14-22(34-19(27-14)12-16-7-6-8-17(11-16)23(24,25)26)28-21(30)18-13-20(33-15(18)2)35(31,32)29-9-4-3-5-10-29/h6-8,11,13H,3-5,9-10,12H2,1-2H3,(H,28,30). The van der Waals surface area contributed by atoms with Crippen LogP contribution in [0.3, 0.4) is 0 Å². The zero-order valence-electron chi connectivity index (χ0n) is 19.1.